The molecule has 0 aliphatic carbocycles. The summed E-state index contributed by atoms with van der Waals surface area (Å²) in [4.78, 5) is 26.6. The van der Waals surface area contributed by atoms with E-state index in [0.717, 1.165) is 31.5 Å². The molecule has 1 atom stereocenters. The molecule has 1 saturated heterocycles. The molecule has 1 aromatic carbocycles. The number of fused-ring (bicyclic) bond motifs is 1. The fraction of sp³-hybridized carbons (Fsp3) is 0.421. The number of likely N-dealkylation sites (tertiary alicyclic amines) is 1. The zero-order chi connectivity index (χ0) is 18.8. The van der Waals surface area contributed by atoms with Crippen molar-refractivity contribution in [3.8, 4) is 0 Å². The van der Waals surface area contributed by atoms with Crippen molar-refractivity contribution in [1.82, 2.24) is 29.7 Å². The van der Waals surface area contributed by atoms with Gasteiger partial charge in [0, 0.05) is 19.3 Å². The third-order valence-electron chi connectivity index (χ3n) is 5.10. The number of carbonyl (C=O) groups excluding carboxylic acids is 1. The smallest absolute Gasteiger partial charge is 0.318 e. The van der Waals surface area contributed by atoms with Crippen LogP contribution in [0.25, 0.3) is 11.0 Å². The summed E-state index contributed by atoms with van der Waals surface area (Å²) in [7, 11) is 0. The Morgan fingerprint density at radius 1 is 1.41 bits per heavy atom. The number of urea groups is 1. The molecule has 0 saturated carbocycles. The molecule has 2 N–H and O–H groups in total. The van der Waals surface area contributed by atoms with Gasteiger partial charge < -0.3 is 19.8 Å². The zero-order valence-electron chi connectivity index (χ0n) is 15.3. The van der Waals surface area contributed by atoms with E-state index in [9.17, 15) is 9.18 Å². The largest absolute Gasteiger partial charge is 0.340 e. The molecule has 0 radical (unpaired) electrons. The van der Waals surface area contributed by atoms with Crippen molar-refractivity contribution < 1.29 is 9.18 Å². The van der Waals surface area contributed by atoms with Crippen molar-refractivity contribution in [2.24, 2.45) is 0 Å². The van der Waals surface area contributed by atoms with Gasteiger partial charge in [0.15, 0.2) is 0 Å². The van der Waals surface area contributed by atoms with E-state index >= 15 is 0 Å². The van der Waals surface area contributed by atoms with Crippen molar-refractivity contribution >= 4 is 17.1 Å². The highest BCUT2D eigenvalue weighted by molar-refractivity contribution is 5.76. The third-order valence-corrected chi connectivity index (χ3v) is 5.10. The number of hydrogen-bond donors (Lipinski definition) is 2. The van der Waals surface area contributed by atoms with Crippen LogP contribution in [0, 0.1) is 5.82 Å². The number of carbonyl (C=O) groups is 1. The van der Waals surface area contributed by atoms with Gasteiger partial charge >= 0.3 is 6.03 Å². The zero-order valence-corrected chi connectivity index (χ0v) is 15.3. The Hall–Kier alpha value is -2.90. The van der Waals surface area contributed by atoms with E-state index < -0.39 is 0 Å². The van der Waals surface area contributed by atoms with Gasteiger partial charge in [0.25, 0.3) is 0 Å². The average Bonchev–Trinajstić information content (AvgIpc) is 3.31. The minimum absolute atomic E-state index is 0.116. The number of aromatic nitrogens is 4. The first-order chi connectivity index (χ1) is 13.2. The van der Waals surface area contributed by atoms with Gasteiger partial charge in [-0.1, -0.05) is 0 Å². The second-order valence-electron chi connectivity index (χ2n) is 6.82. The van der Waals surface area contributed by atoms with Crippen molar-refractivity contribution in [2.75, 3.05) is 6.54 Å². The lowest BCUT2D eigenvalue weighted by Gasteiger charge is -2.34. The van der Waals surface area contributed by atoms with Crippen LogP contribution in [-0.2, 0) is 13.1 Å². The van der Waals surface area contributed by atoms with Crippen molar-refractivity contribution in [3.63, 3.8) is 0 Å². The third kappa shape index (κ3) is 3.51. The quantitative estimate of drug-likeness (QED) is 0.739. The molecule has 27 heavy (non-hydrogen) atoms. The van der Waals surface area contributed by atoms with Gasteiger partial charge in [-0.3, -0.25) is 0 Å². The Balaban J connectivity index is 1.51. The van der Waals surface area contributed by atoms with Gasteiger partial charge in [0.05, 0.1) is 35.6 Å². The first-order valence-electron chi connectivity index (χ1n) is 9.34. The predicted octanol–water partition coefficient (Wildman–Crippen LogP) is 3.36. The van der Waals surface area contributed by atoms with Crippen LogP contribution in [0.1, 0.15) is 43.7 Å². The molecule has 0 unspecified atom stereocenters. The molecule has 3 aromatic rings. The first kappa shape index (κ1) is 17.5. The lowest BCUT2D eigenvalue weighted by Crippen LogP contribution is -2.44. The molecule has 0 spiro atoms. The molecular formula is C19H23FN6O. The summed E-state index contributed by atoms with van der Waals surface area (Å²) >= 11 is 0. The number of piperidine rings is 1. The van der Waals surface area contributed by atoms with Crippen molar-refractivity contribution in [2.45, 2.75) is 45.3 Å². The van der Waals surface area contributed by atoms with E-state index in [0.29, 0.717) is 29.9 Å². The van der Waals surface area contributed by atoms with Crippen LogP contribution >= 0.6 is 0 Å². The van der Waals surface area contributed by atoms with Crippen molar-refractivity contribution in [3.05, 3.63) is 48.1 Å². The summed E-state index contributed by atoms with van der Waals surface area (Å²) in [6, 6.07) is 4.24. The van der Waals surface area contributed by atoms with Crippen LogP contribution in [0.4, 0.5) is 9.18 Å². The lowest BCUT2D eigenvalue weighted by molar-refractivity contribution is 0.147. The Kier molecular flexibility index (Phi) is 4.79. The molecule has 1 aliphatic rings. The van der Waals surface area contributed by atoms with Crippen LogP contribution < -0.4 is 5.32 Å². The highest BCUT2D eigenvalue weighted by atomic mass is 19.1. The summed E-state index contributed by atoms with van der Waals surface area (Å²) in [6.45, 7) is 3.96. The number of amides is 2. The molecule has 0 bridgehead atoms. The second kappa shape index (κ2) is 7.38. The highest BCUT2D eigenvalue weighted by Gasteiger charge is 2.30. The topological polar surface area (TPSA) is 78.8 Å². The van der Waals surface area contributed by atoms with Gasteiger partial charge in [0.1, 0.15) is 11.6 Å². The van der Waals surface area contributed by atoms with Gasteiger partial charge in [-0.15, -0.1) is 0 Å². The molecule has 142 valence electrons. The number of hydrogen-bond acceptors (Lipinski definition) is 3. The standard InChI is InChI=1S/C19H23FN6O/c1-2-25-12-21-10-14(25)11-22-19(27)26-8-4-3-5-17(26)18-23-15-7-6-13(20)9-16(15)24-18/h6-7,9-10,12,17H,2-5,8,11H2,1H3,(H,22,27)(H,23,24)/t17-/m0/s1. The number of nitrogens with zero attached hydrogens (tertiary/aromatic N) is 4. The molecule has 3 heterocycles. The Bertz CT molecular complexity index is 949. The monoisotopic (exact) mass is 370 g/mol. The normalized spacial score (nSPS) is 17.4. The number of benzene rings is 1. The molecule has 8 heteroatoms. The predicted molar refractivity (Wildman–Crippen MR) is 99.5 cm³/mol. The molecular weight excluding hydrogens is 347 g/mol. The van der Waals surface area contributed by atoms with Crippen molar-refractivity contribution in [1.29, 1.82) is 0 Å². The second-order valence-corrected chi connectivity index (χ2v) is 6.82. The Labute approximate surface area is 156 Å². The van der Waals surface area contributed by atoms with E-state index in [1.54, 1.807) is 18.6 Å². The maximum atomic E-state index is 13.5. The molecule has 1 fully saturated rings. The van der Waals surface area contributed by atoms with Gasteiger partial charge in [-0.05, 0) is 44.4 Å². The average molecular weight is 370 g/mol. The van der Waals surface area contributed by atoms with Gasteiger partial charge in [0.2, 0.25) is 0 Å². The number of aromatic amines is 1. The first-order valence-corrected chi connectivity index (χ1v) is 9.34. The molecule has 2 aromatic heterocycles. The fourth-order valence-electron chi connectivity index (χ4n) is 3.67. The number of imidazole rings is 2. The number of halogens is 1. The number of aryl methyl sites for hydroxylation is 1. The van der Waals surface area contributed by atoms with Crippen LogP contribution in [-0.4, -0.2) is 37.0 Å². The summed E-state index contributed by atoms with van der Waals surface area (Å²) < 4.78 is 15.5. The van der Waals surface area contributed by atoms with Crippen LogP contribution in [0.5, 0.6) is 0 Å². The maximum absolute atomic E-state index is 13.5. The molecule has 1 aliphatic heterocycles. The summed E-state index contributed by atoms with van der Waals surface area (Å²) in [5, 5.41) is 3.00. The lowest BCUT2D eigenvalue weighted by atomic mass is 10.0. The van der Waals surface area contributed by atoms with Crippen LogP contribution in [0.15, 0.2) is 30.7 Å². The molecule has 7 nitrogen and oxygen atoms in total. The highest BCUT2D eigenvalue weighted by Crippen LogP contribution is 2.30. The van der Waals surface area contributed by atoms with Gasteiger partial charge in [-0.2, -0.15) is 0 Å². The molecule has 2 amide bonds. The number of H-pyrrole nitrogens is 1. The maximum Gasteiger partial charge on any atom is 0.318 e. The van der Waals surface area contributed by atoms with E-state index in [1.807, 2.05) is 16.4 Å². The summed E-state index contributed by atoms with van der Waals surface area (Å²) in [6.07, 6.45) is 6.36. The fourth-order valence-corrected chi connectivity index (χ4v) is 3.67. The molecule has 4 rings (SSSR count). The number of nitrogens with one attached hydrogen (secondary N) is 2. The minimum Gasteiger partial charge on any atom is -0.340 e. The Morgan fingerprint density at radius 2 is 2.30 bits per heavy atom. The number of rotatable bonds is 4. The summed E-state index contributed by atoms with van der Waals surface area (Å²) in [5.41, 5.74) is 2.34. The van der Waals surface area contributed by atoms with E-state index in [4.69, 9.17) is 0 Å². The van der Waals surface area contributed by atoms with E-state index in [2.05, 4.69) is 20.3 Å². The van der Waals surface area contributed by atoms with E-state index in [1.165, 1.54) is 12.1 Å². The minimum atomic E-state index is -0.302. The SMILES string of the molecule is CCn1cncc1CNC(=O)N1CCCC[C@H]1c1nc2ccc(F)cc2[nH]1. The van der Waals surface area contributed by atoms with Crippen LogP contribution in [0.3, 0.4) is 0 Å². The Morgan fingerprint density at radius 3 is 3.15 bits per heavy atom. The van der Waals surface area contributed by atoms with Gasteiger partial charge in [-0.25, -0.2) is 19.2 Å². The van der Waals surface area contributed by atoms with Crippen LogP contribution in [0.2, 0.25) is 0 Å². The summed E-state index contributed by atoms with van der Waals surface area (Å²) in [5.74, 6) is 0.410. The van der Waals surface area contributed by atoms with E-state index in [-0.39, 0.29) is 17.9 Å².